The Bertz CT molecular complexity index is 703. The summed E-state index contributed by atoms with van der Waals surface area (Å²) in [5, 5.41) is 9.35. The molecule has 0 radical (unpaired) electrons. The smallest absolute Gasteiger partial charge is 0.212 e. The van der Waals surface area contributed by atoms with Crippen LogP contribution in [0.5, 0.6) is 11.5 Å². The number of benzene rings is 1. The first-order valence-electron chi connectivity index (χ1n) is 10.7. The van der Waals surface area contributed by atoms with E-state index in [4.69, 9.17) is 9.47 Å². The largest absolute Gasteiger partial charge is 0.497 e. The molecule has 1 aliphatic heterocycles. The monoisotopic (exact) mass is 418 g/mol. The van der Waals surface area contributed by atoms with Gasteiger partial charge in [-0.05, 0) is 62.9 Å². The zero-order valence-electron chi connectivity index (χ0n) is 19.3. The van der Waals surface area contributed by atoms with Gasteiger partial charge in [-0.2, -0.15) is 5.10 Å². The Balaban J connectivity index is 0.000000375. The highest BCUT2D eigenvalue weighted by Crippen LogP contribution is 2.23. The van der Waals surface area contributed by atoms with Gasteiger partial charge in [-0.15, -0.1) is 0 Å². The van der Waals surface area contributed by atoms with Gasteiger partial charge in [0.05, 0.1) is 14.2 Å². The Labute approximate surface area is 181 Å². The molecule has 7 heteroatoms. The topological polar surface area (TPSA) is 79.5 Å². The number of methoxy groups -OCH3 is 2. The molecule has 7 nitrogen and oxygen atoms in total. The van der Waals surface area contributed by atoms with E-state index in [2.05, 4.69) is 34.4 Å². The third kappa shape index (κ3) is 9.31. The number of carbonyl (C=O) groups is 1. The van der Waals surface area contributed by atoms with Gasteiger partial charge in [-0.1, -0.05) is 20.8 Å². The van der Waals surface area contributed by atoms with E-state index >= 15 is 0 Å². The molecule has 30 heavy (non-hydrogen) atoms. The number of aryl methyl sites for hydroxylation is 2. The van der Waals surface area contributed by atoms with E-state index in [0.29, 0.717) is 12.2 Å². The van der Waals surface area contributed by atoms with Crippen molar-refractivity contribution in [3.05, 3.63) is 35.5 Å². The Morgan fingerprint density at radius 1 is 1.17 bits per heavy atom. The van der Waals surface area contributed by atoms with Crippen LogP contribution >= 0.6 is 0 Å². The number of rotatable bonds is 7. The number of likely N-dealkylation sites (tertiary alicyclic amines) is 1. The van der Waals surface area contributed by atoms with Crippen molar-refractivity contribution in [1.82, 2.24) is 15.1 Å². The molecule has 1 saturated heterocycles. The van der Waals surface area contributed by atoms with Crippen molar-refractivity contribution in [2.75, 3.05) is 39.7 Å². The molecular weight excluding hydrogens is 380 g/mol. The maximum atomic E-state index is 10.3. The maximum absolute atomic E-state index is 10.3. The fourth-order valence-electron chi connectivity index (χ4n) is 3.34. The lowest BCUT2D eigenvalue weighted by atomic mass is 10.0. The van der Waals surface area contributed by atoms with E-state index in [0.717, 1.165) is 41.5 Å². The minimum absolute atomic E-state index is 0.526. The van der Waals surface area contributed by atoms with Crippen LogP contribution in [0.1, 0.15) is 44.9 Å². The van der Waals surface area contributed by atoms with Gasteiger partial charge in [0.25, 0.3) is 0 Å². The Kier molecular flexibility index (Phi) is 12.3. The lowest BCUT2D eigenvalue weighted by Crippen LogP contribution is -2.30. The van der Waals surface area contributed by atoms with Crippen molar-refractivity contribution in [3.8, 4) is 11.5 Å². The van der Waals surface area contributed by atoms with E-state index < -0.39 is 0 Å². The SMILES string of the molecule is CC.CC1CCCN(C)C1.COc1cc(CCc2cc(NC=O)n[nH]2)cc(OC)c1. The Morgan fingerprint density at radius 2 is 1.83 bits per heavy atom. The number of aromatic nitrogens is 2. The molecule has 3 rings (SSSR count). The number of nitrogens with zero attached hydrogens (tertiary/aromatic N) is 2. The molecule has 0 bridgehead atoms. The molecule has 0 saturated carbocycles. The first kappa shape index (κ1) is 25.5. The molecule has 2 aromatic rings. The summed E-state index contributed by atoms with van der Waals surface area (Å²) < 4.78 is 10.5. The standard InChI is InChI=1S/C14H17N3O3.C7H15N.C2H6/c1-19-12-5-10(6-13(8-12)20-2)3-4-11-7-14(15-9-18)17-16-11;1-7-4-3-5-8(2)6-7;1-2/h5-9H,3-4H2,1-2H3,(H2,15,16,17,18);7H,3-6H2,1-2H3;1-2H3. The number of anilines is 1. The predicted octanol–water partition coefficient (Wildman–Crippen LogP) is 4.15. The van der Waals surface area contributed by atoms with E-state index in [1.54, 1.807) is 14.2 Å². The molecule has 1 aromatic heterocycles. The van der Waals surface area contributed by atoms with Crippen molar-refractivity contribution in [3.63, 3.8) is 0 Å². The normalized spacial score (nSPS) is 15.7. The third-order valence-electron chi connectivity index (χ3n) is 4.79. The molecule has 1 aliphatic rings. The van der Waals surface area contributed by atoms with Crippen molar-refractivity contribution in [2.24, 2.45) is 5.92 Å². The summed E-state index contributed by atoms with van der Waals surface area (Å²) >= 11 is 0. The van der Waals surface area contributed by atoms with Gasteiger partial charge in [0, 0.05) is 24.4 Å². The molecule has 2 heterocycles. The lowest BCUT2D eigenvalue weighted by Gasteiger charge is -2.26. The molecule has 0 aliphatic carbocycles. The van der Waals surface area contributed by atoms with E-state index in [1.165, 1.54) is 25.9 Å². The lowest BCUT2D eigenvalue weighted by molar-refractivity contribution is -0.105. The van der Waals surface area contributed by atoms with Crippen LogP contribution in [0.4, 0.5) is 5.82 Å². The molecule has 1 unspecified atom stereocenters. The van der Waals surface area contributed by atoms with Gasteiger partial charge in [0.15, 0.2) is 5.82 Å². The average molecular weight is 419 g/mol. The first-order chi connectivity index (χ1) is 14.5. The number of ether oxygens (including phenoxy) is 2. The number of nitrogens with one attached hydrogen (secondary N) is 2. The van der Waals surface area contributed by atoms with Gasteiger partial charge in [-0.25, -0.2) is 0 Å². The fraction of sp³-hybridized carbons (Fsp3) is 0.565. The van der Waals surface area contributed by atoms with Gasteiger partial charge in [0.1, 0.15) is 11.5 Å². The van der Waals surface area contributed by atoms with Crippen LogP contribution in [0.15, 0.2) is 24.3 Å². The number of hydrogen-bond donors (Lipinski definition) is 2. The zero-order valence-corrected chi connectivity index (χ0v) is 19.3. The summed E-state index contributed by atoms with van der Waals surface area (Å²) in [6.07, 6.45) is 5.04. The van der Waals surface area contributed by atoms with E-state index in [9.17, 15) is 4.79 Å². The second-order valence-corrected chi connectivity index (χ2v) is 7.27. The molecule has 1 atom stereocenters. The predicted molar refractivity (Wildman–Crippen MR) is 122 cm³/mol. The first-order valence-corrected chi connectivity index (χ1v) is 10.7. The highest BCUT2D eigenvalue weighted by molar-refractivity contribution is 5.68. The van der Waals surface area contributed by atoms with Crippen LogP contribution < -0.4 is 14.8 Å². The molecule has 1 amide bonds. The molecular formula is C23H38N4O3. The molecule has 0 spiro atoms. The molecule has 168 valence electrons. The average Bonchev–Trinajstić information content (AvgIpc) is 3.21. The fourth-order valence-corrected chi connectivity index (χ4v) is 3.34. The van der Waals surface area contributed by atoms with Crippen LogP contribution in [-0.2, 0) is 17.6 Å². The van der Waals surface area contributed by atoms with Gasteiger partial charge in [0.2, 0.25) is 6.41 Å². The highest BCUT2D eigenvalue weighted by Gasteiger charge is 2.11. The molecule has 1 aromatic carbocycles. The van der Waals surface area contributed by atoms with Crippen LogP contribution in [0.2, 0.25) is 0 Å². The van der Waals surface area contributed by atoms with Crippen LogP contribution in [-0.4, -0.2) is 55.9 Å². The second kappa shape index (κ2) is 14.4. The minimum atomic E-state index is 0.526. The molecule has 2 N–H and O–H groups in total. The minimum Gasteiger partial charge on any atom is -0.497 e. The Morgan fingerprint density at radius 3 is 2.33 bits per heavy atom. The Hall–Kier alpha value is -2.54. The summed E-state index contributed by atoms with van der Waals surface area (Å²) in [5.74, 6) is 3.01. The number of H-pyrrole nitrogens is 1. The van der Waals surface area contributed by atoms with Gasteiger partial charge < -0.3 is 19.7 Å². The summed E-state index contributed by atoms with van der Waals surface area (Å²) in [5.41, 5.74) is 2.07. The summed E-state index contributed by atoms with van der Waals surface area (Å²) in [7, 11) is 5.46. The van der Waals surface area contributed by atoms with Gasteiger partial charge in [-0.3, -0.25) is 9.89 Å². The van der Waals surface area contributed by atoms with Crippen molar-refractivity contribution in [1.29, 1.82) is 0 Å². The van der Waals surface area contributed by atoms with Gasteiger partial charge >= 0.3 is 0 Å². The number of hydrogen-bond acceptors (Lipinski definition) is 5. The second-order valence-electron chi connectivity index (χ2n) is 7.27. The quantitative estimate of drug-likeness (QED) is 0.660. The number of amides is 1. The number of aromatic amines is 1. The van der Waals surface area contributed by atoms with Crippen molar-refractivity contribution in [2.45, 2.75) is 46.5 Å². The summed E-state index contributed by atoms with van der Waals surface area (Å²) in [6.45, 7) is 8.94. The van der Waals surface area contributed by atoms with Crippen molar-refractivity contribution >= 4 is 12.2 Å². The third-order valence-corrected chi connectivity index (χ3v) is 4.79. The van der Waals surface area contributed by atoms with Crippen molar-refractivity contribution < 1.29 is 14.3 Å². The van der Waals surface area contributed by atoms with E-state index in [1.807, 2.05) is 38.1 Å². The number of carbonyl (C=O) groups excluding carboxylic acids is 1. The summed E-state index contributed by atoms with van der Waals surface area (Å²) in [4.78, 5) is 12.7. The van der Waals surface area contributed by atoms with E-state index in [-0.39, 0.29) is 0 Å². The molecule has 1 fully saturated rings. The van der Waals surface area contributed by atoms with Crippen LogP contribution in [0.25, 0.3) is 0 Å². The summed E-state index contributed by atoms with van der Waals surface area (Å²) in [6, 6.07) is 7.60. The van der Waals surface area contributed by atoms with Crippen LogP contribution in [0, 0.1) is 5.92 Å². The maximum Gasteiger partial charge on any atom is 0.212 e. The highest BCUT2D eigenvalue weighted by atomic mass is 16.5. The number of piperidine rings is 1. The zero-order chi connectivity index (χ0) is 22.4. The van der Waals surface area contributed by atoms with Crippen LogP contribution in [0.3, 0.4) is 0 Å².